The molecule has 1 aromatic carbocycles. The summed E-state index contributed by atoms with van der Waals surface area (Å²) in [5.41, 5.74) is 3.93. The molecule has 0 unspecified atom stereocenters. The van der Waals surface area contributed by atoms with Gasteiger partial charge in [-0.25, -0.2) is 8.42 Å². The third kappa shape index (κ3) is 3.53. The van der Waals surface area contributed by atoms with E-state index in [9.17, 15) is 13.6 Å². The summed E-state index contributed by atoms with van der Waals surface area (Å²) in [5.74, 6) is 0. The van der Waals surface area contributed by atoms with Crippen LogP contribution in [0.1, 0.15) is 44.6 Å². The number of hydrogen-bond acceptors (Lipinski definition) is 4. The summed E-state index contributed by atoms with van der Waals surface area (Å²) in [4.78, 5) is 0.308. The maximum absolute atomic E-state index is 11.5. The first-order valence-electron chi connectivity index (χ1n) is 7.21. The van der Waals surface area contributed by atoms with E-state index < -0.39 is 9.84 Å². The maximum atomic E-state index is 11.5. The molecule has 21 heavy (non-hydrogen) atoms. The lowest BCUT2D eigenvalue weighted by Gasteiger charge is -2.09. The van der Waals surface area contributed by atoms with Crippen molar-refractivity contribution < 1.29 is 13.6 Å². The van der Waals surface area contributed by atoms with Crippen LogP contribution in [0.2, 0.25) is 0 Å². The van der Waals surface area contributed by atoms with Gasteiger partial charge in [0.05, 0.1) is 10.6 Å². The van der Waals surface area contributed by atoms with Crippen molar-refractivity contribution in [1.82, 2.24) is 0 Å². The molecule has 0 bridgehead atoms. The largest absolute Gasteiger partial charge is 0.411 e. The standard InChI is InChI=1S/C16H21NO3S/c1-3-4-5-12-8-11-15(17-18)16(12)13-6-9-14(10-7-13)21(2,19)20/h6-7,9-10,18H,3-5,8,11H2,1-2H3. The highest BCUT2D eigenvalue weighted by Gasteiger charge is 2.23. The Balaban J connectivity index is 2.40. The number of oxime groups is 1. The Labute approximate surface area is 126 Å². The molecule has 0 spiro atoms. The van der Waals surface area contributed by atoms with Crippen molar-refractivity contribution in [2.75, 3.05) is 6.26 Å². The molecule has 0 heterocycles. The number of sulfone groups is 1. The van der Waals surface area contributed by atoms with E-state index in [1.807, 2.05) is 0 Å². The summed E-state index contributed by atoms with van der Waals surface area (Å²) >= 11 is 0. The molecule has 1 aliphatic rings. The van der Waals surface area contributed by atoms with E-state index in [0.29, 0.717) is 10.6 Å². The number of allylic oxidation sites excluding steroid dienone is 2. The quantitative estimate of drug-likeness (QED) is 0.667. The topological polar surface area (TPSA) is 66.7 Å². The van der Waals surface area contributed by atoms with Crippen molar-refractivity contribution >= 4 is 21.1 Å². The summed E-state index contributed by atoms with van der Waals surface area (Å²) in [6, 6.07) is 6.83. The second-order valence-electron chi connectivity index (χ2n) is 5.43. The van der Waals surface area contributed by atoms with Gasteiger partial charge in [-0.3, -0.25) is 0 Å². The Bertz CT molecular complexity index is 670. The van der Waals surface area contributed by atoms with Gasteiger partial charge >= 0.3 is 0 Å². The average Bonchev–Trinajstić information content (AvgIpc) is 2.87. The number of nitrogens with zero attached hydrogens (tertiary/aromatic N) is 1. The Morgan fingerprint density at radius 2 is 1.86 bits per heavy atom. The lowest BCUT2D eigenvalue weighted by Crippen LogP contribution is -2.00. The van der Waals surface area contributed by atoms with Crippen LogP contribution in [0.15, 0.2) is 39.9 Å². The predicted octanol–water partition coefficient (Wildman–Crippen LogP) is 3.66. The molecular weight excluding hydrogens is 286 g/mol. The van der Waals surface area contributed by atoms with Gasteiger partial charge in [0.2, 0.25) is 0 Å². The molecule has 0 fully saturated rings. The summed E-state index contributed by atoms with van der Waals surface area (Å²) in [6.07, 6.45) is 6.10. The van der Waals surface area contributed by atoms with Crippen LogP contribution in [-0.4, -0.2) is 25.6 Å². The van der Waals surface area contributed by atoms with Gasteiger partial charge in [0.15, 0.2) is 9.84 Å². The van der Waals surface area contributed by atoms with E-state index in [0.717, 1.165) is 43.2 Å². The Kier molecular flexibility index (Phi) is 4.83. The second kappa shape index (κ2) is 6.43. The molecule has 0 aromatic heterocycles. The van der Waals surface area contributed by atoms with Crippen LogP contribution in [0.25, 0.3) is 5.57 Å². The number of unbranched alkanes of at least 4 members (excludes halogenated alkanes) is 1. The van der Waals surface area contributed by atoms with Gasteiger partial charge in [0, 0.05) is 11.8 Å². The first kappa shape index (κ1) is 15.8. The molecule has 1 aromatic rings. The first-order chi connectivity index (χ1) is 9.97. The zero-order chi connectivity index (χ0) is 15.5. The third-order valence-corrected chi connectivity index (χ3v) is 4.96. The van der Waals surface area contributed by atoms with Crippen LogP contribution in [0.3, 0.4) is 0 Å². The van der Waals surface area contributed by atoms with E-state index in [1.165, 1.54) is 11.8 Å². The zero-order valence-electron chi connectivity index (χ0n) is 12.5. The predicted molar refractivity (Wildman–Crippen MR) is 84.5 cm³/mol. The monoisotopic (exact) mass is 307 g/mol. The molecular formula is C16H21NO3S. The second-order valence-corrected chi connectivity index (χ2v) is 7.44. The Morgan fingerprint density at radius 1 is 1.19 bits per heavy atom. The van der Waals surface area contributed by atoms with Crippen LogP contribution in [0, 0.1) is 0 Å². The van der Waals surface area contributed by atoms with Crippen molar-refractivity contribution in [3.8, 4) is 0 Å². The van der Waals surface area contributed by atoms with Gasteiger partial charge in [0.25, 0.3) is 0 Å². The van der Waals surface area contributed by atoms with Crippen molar-refractivity contribution in [1.29, 1.82) is 0 Å². The lowest BCUT2D eigenvalue weighted by atomic mass is 9.98. The molecule has 5 heteroatoms. The SMILES string of the molecule is CCCCC1=C(c2ccc(S(C)(=O)=O)cc2)C(=NO)CC1. The maximum Gasteiger partial charge on any atom is 0.175 e. The van der Waals surface area contributed by atoms with E-state index in [1.54, 1.807) is 24.3 Å². The van der Waals surface area contributed by atoms with Gasteiger partial charge < -0.3 is 5.21 Å². The molecule has 0 amide bonds. The van der Waals surface area contributed by atoms with Crippen LogP contribution in [-0.2, 0) is 9.84 Å². The molecule has 0 radical (unpaired) electrons. The summed E-state index contributed by atoms with van der Waals surface area (Å²) in [7, 11) is -3.19. The molecule has 0 saturated carbocycles. The lowest BCUT2D eigenvalue weighted by molar-refractivity contribution is 0.319. The zero-order valence-corrected chi connectivity index (χ0v) is 13.3. The summed E-state index contributed by atoms with van der Waals surface area (Å²) in [5, 5.41) is 12.6. The molecule has 0 saturated heterocycles. The fourth-order valence-corrected chi connectivity index (χ4v) is 3.33. The van der Waals surface area contributed by atoms with E-state index in [4.69, 9.17) is 0 Å². The molecule has 0 aliphatic heterocycles. The van der Waals surface area contributed by atoms with Gasteiger partial charge in [-0.1, -0.05) is 36.2 Å². The van der Waals surface area contributed by atoms with Crippen molar-refractivity contribution in [3.63, 3.8) is 0 Å². The average molecular weight is 307 g/mol. The normalized spacial score (nSPS) is 17.7. The van der Waals surface area contributed by atoms with Crippen LogP contribution in [0.4, 0.5) is 0 Å². The van der Waals surface area contributed by atoms with Gasteiger partial charge in [-0.05, 0) is 43.4 Å². The molecule has 1 aliphatic carbocycles. The van der Waals surface area contributed by atoms with E-state index in [2.05, 4.69) is 12.1 Å². The number of rotatable bonds is 5. The van der Waals surface area contributed by atoms with Gasteiger partial charge in [0.1, 0.15) is 0 Å². The molecule has 1 N–H and O–H groups in total. The smallest absolute Gasteiger partial charge is 0.175 e. The molecule has 0 atom stereocenters. The molecule has 4 nitrogen and oxygen atoms in total. The van der Waals surface area contributed by atoms with Crippen molar-refractivity contribution in [2.24, 2.45) is 5.16 Å². The highest BCUT2D eigenvalue weighted by molar-refractivity contribution is 7.90. The number of hydrogen-bond donors (Lipinski definition) is 1. The highest BCUT2D eigenvalue weighted by Crippen LogP contribution is 2.35. The molecule has 2 rings (SSSR count). The van der Waals surface area contributed by atoms with Crippen molar-refractivity contribution in [3.05, 3.63) is 35.4 Å². The fourth-order valence-electron chi connectivity index (χ4n) is 2.70. The third-order valence-electron chi connectivity index (χ3n) is 3.83. The van der Waals surface area contributed by atoms with Crippen molar-refractivity contribution in [2.45, 2.75) is 43.9 Å². The van der Waals surface area contributed by atoms with Crippen LogP contribution >= 0.6 is 0 Å². The number of benzene rings is 1. The molecule has 114 valence electrons. The van der Waals surface area contributed by atoms with E-state index in [-0.39, 0.29) is 0 Å². The minimum absolute atomic E-state index is 0.308. The Hall–Kier alpha value is -1.62. The van der Waals surface area contributed by atoms with Crippen LogP contribution < -0.4 is 0 Å². The summed E-state index contributed by atoms with van der Waals surface area (Å²) < 4.78 is 23.0. The minimum Gasteiger partial charge on any atom is -0.411 e. The van der Waals surface area contributed by atoms with Crippen LogP contribution in [0.5, 0.6) is 0 Å². The first-order valence-corrected chi connectivity index (χ1v) is 9.10. The van der Waals surface area contributed by atoms with Gasteiger partial charge in [-0.15, -0.1) is 0 Å². The summed E-state index contributed by atoms with van der Waals surface area (Å²) in [6.45, 7) is 2.15. The fraction of sp³-hybridized carbons (Fsp3) is 0.438. The minimum atomic E-state index is -3.19. The highest BCUT2D eigenvalue weighted by atomic mass is 32.2. The Morgan fingerprint density at radius 3 is 2.38 bits per heavy atom. The van der Waals surface area contributed by atoms with Gasteiger partial charge in [-0.2, -0.15) is 0 Å². The van der Waals surface area contributed by atoms with E-state index >= 15 is 0 Å².